The molecule has 0 aromatic heterocycles. The second kappa shape index (κ2) is 5.54. The van der Waals surface area contributed by atoms with E-state index in [1.54, 1.807) is 0 Å². The molecule has 1 aromatic carbocycles. The van der Waals surface area contributed by atoms with Crippen LogP contribution in [-0.2, 0) is 5.88 Å². The Morgan fingerprint density at radius 1 is 1.47 bits per heavy atom. The predicted molar refractivity (Wildman–Crippen MR) is 70.3 cm³/mol. The molecule has 0 N–H and O–H groups in total. The predicted octanol–water partition coefficient (Wildman–Crippen LogP) is 3.44. The van der Waals surface area contributed by atoms with E-state index in [1.807, 2.05) is 29.2 Å². The minimum atomic E-state index is 0.143. The van der Waals surface area contributed by atoms with E-state index in [0.717, 1.165) is 30.5 Å². The largest absolute Gasteiger partial charge is 0.336 e. The molecule has 1 heterocycles. The van der Waals surface area contributed by atoms with Crippen molar-refractivity contribution in [3.05, 3.63) is 35.4 Å². The van der Waals surface area contributed by atoms with Gasteiger partial charge in [-0.3, -0.25) is 4.79 Å². The van der Waals surface area contributed by atoms with E-state index in [2.05, 4.69) is 6.92 Å². The van der Waals surface area contributed by atoms with Crippen LogP contribution in [-0.4, -0.2) is 23.4 Å². The van der Waals surface area contributed by atoms with Gasteiger partial charge in [-0.05, 0) is 43.9 Å². The molecule has 1 aliphatic rings. The third-order valence-corrected chi connectivity index (χ3v) is 3.70. The lowest BCUT2D eigenvalue weighted by Crippen LogP contribution is -2.42. The molecule has 1 atom stereocenters. The van der Waals surface area contributed by atoms with Gasteiger partial charge in [0.25, 0.3) is 5.91 Å². The maximum atomic E-state index is 12.4. The Balaban J connectivity index is 2.17. The van der Waals surface area contributed by atoms with Crippen LogP contribution in [0.5, 0.6) is 0 Å². The number of hydrogen-bond acceptors (Lipinski definition) is 1. The van der Waals surface area contributed by atoms with Gasteiger partial charge in [0, 0.05) is 24.0 Å². The Labute approximate surface area is 108 Å². The number of benzene rings is 1. The summed E-state index contributed by atoms with van der Waals surface area (Å²) in [6.45, 7) is 3.01. The standard InChI is InChI=1S/C14H18ClNO/c1-11-5-2-3-8-16(11)14(17)13-7-4-6-12(9-13)10-15/h4,6-7,9,11H,2-3,5,8,10H2,1H3. The van der Waals surface area contributed by atoms with Gasteiger partial charge < -0.3 is 4.90 Å². The zero-order valence-corrected chi connectivity index (χ0v) is 10.9. The molecule has 1 saturated heterocycles. The molecule has 0 radical (unpaired) electrons. The van der Waals surface area contributed by atoms with Crippen molar-refractivity contribution in [1.29, 1.82) is 0 Å². The summed E-state index contributed by atoms with van der Waals surface area (Å²) in [6.07, 6.45) is 3.46. The molecule has 0 bridgehead atoms. The molecule has 1 unspecified atom stereocenters. The third kappa shape index (κ3) is 2.81. The van der Waals surface area contributed by atoms with Crippen molar-refractivity contribution in [3.63, 3.8) is 0 Å². The first-order chi connectivity index (χ1) is 8.22. The number of alkyl halides is 1. The Morgan fingerprint density at radius 3 is 3.00 bits per heavy atom. The summed E-state index contributed by atoms with van der Waals surface area (Å²) in [4.78, 5) is 14.3. The summed E-state index contributed by atoms with van der Waals surface area (Å²) >= 11 is 5.79. The van der Waals surface area contributed by atoms with Gasteiger partial charge in [-0.2, -0.15) is 0 Å². The van der Waals surface area contributed by atoms with E-state index in [9.17, 15) is 4.79 Å². The highest BCUT2D eigenvalue weighted by atomic mass is 35.5. The van der Waals surface area contributed by atoms with Crippen molar-refractivity contribution in [2.24, 2.45) is 0 Å². The first kappa shape index (κ1) is 12.4. The average molecular weight is 252 g/mol. The number of halogens is 1. The third-order valence-electron chi connectivity index (χ3n) is 3.39. The van der Waals surface area contributed by atoms with Gasteiger partial charge in [-0.15, -0.1) is 11.6 Å². The summed E-state index contributed by atoms with van der Waals surface area (Å²) in [6, 6.07) is 7.98. The van der Waals surface area contributed by atoms with Crippen LogP contribution in [0.3, 0.4) is 0 Å². The number of hydrogen-bond donors (Lipinski definition) is 0. The fourth-order valence-corrected chi connectivity index (χ4v) is 2.52. The lowest BCUT2D eigenvalue weighted by molar-refractivity contribution is 0.0635. The van der Waals surface area contributed by atoms with Crippen LogP contribution in [0.1, 0.15) is 42.1 Å². The topological polar surface area (TPSA) is 20.3 Å². The van der Waals surface area contributed by atoms with E-state index >= 15 is 0 Å². The van der Waals surface area contributed by atoms with Crippen LogP contribution in [0.15, 0.2) is 24.3 Å². The molecule has 0 aliphatic carbocycles. The van der Waals surface area contributed by atoms with Gasteiger partial charge in [-0.1, -0.05) is 12.1 Å². The van der Waals surface area contributed by atoms with Crippen LogP contribution in [0.25, 0.3) is 0 Å². The van der Waals surface area contributed by atoms with Gasteiger partial charge in [-0.25, -0.2) is 0 Å². The van der Waals surface area contributed by atoms with E-state index in [-0.39, 0.29) is 5.91 Å². The minimum Gasteiger partial charge on any atom is -0.336 e. The normalized spacial score (nSPS) is 20.4. The monoisotopic (exact) mass is 251 g/mol. The number of piperidine rings is 1. The zero-order chi connectivity index (χ0) is 12.3. The lowest BCUT2D eigenvalue weighted by atomic mass is 10.0. The first-order valence-corrected chi connectivity index (χ1v) is 6.71. The molecule has 0 saturated carbocycles. The van der Waals surface area contributed by atoms with E-state index in [4.69, 9.17) is 11.6 Å². The number of carbonyl (C=O) groups is 1. The summed E-state index contributed by atoms with van der Waals surface area (Å²) in [5.41, 5.74) is 1.76. The van der Waals surface area contributed by atoms with E-state index in [0.29, 0.717) is 11.9 Å². The van der Waals surface area contributed by atoms with Crippen molar-refractivity contribution < 1.29 is 4.79 Å². The molecule has 1 fully saturated rings. The number of likely N-dealkylation sites (tertiary alicyclic amines) is 1. The molecule has 1 aliphatic heterocycles. The molecule has 0 spiro atoms. The second-order valence-corrected chi connectivity index (χ2v) is 4.94. The Bertz CT molecular complexity index is 405. The van der Waals surface area contributed by atoms with Crippen LogP contribution < -0.4 is 0 Å². The van der Waals surface area contributed by atoms with E-state index in [1.165, 1.54) is 6.42 Å². The highest BCUT2D eigenvalue weighted by Gasteiger charge is 2.24. The number of carbonyl (C=O) groups excluding carboxylic acids is 1. The highest BCUT2D eigenvalue weighted by Crippen LogP contribution is 2.19. The molecule has 1 amide bonds. The maximum Gasteiger partial charge on any atom is 0.254 e. The molecule has 2 nitrogen and oxygen atoms in total. The molecule has 1 aromatic rings. The lowest BCUT2D eigenvalue weighted by Gasteiger charge is -2.33. The van der Waals surface area contributed by atoms with Crippen molar-refractivity contribution in [3.8, 4) is 0 Å². The minimum absolute atomic E-state index is 0.143. The smallest absolute Gasteiger partial charge is 0.254 e. The highest BCUT2D eigenvalue weighted by molar-refractivity contribution is 6.17. The van der Waals surface area contributed by atoms with Crippen molar-refractivity contribution in [2.75, 3.05) is 6.54 Å². The van der Waals surface area contributed by atoms with Crippen LogP contribution >= 0.6 is 11.6 Å². The number of nitrogens with zero attached hydrogens (tertiary/aromatic N) is 1. The van der Waals surface area contributed by atoms with Crippen molar-refractivity contribution in [1.82, 2.24) is 4.90 Å². The molecule has 92 valence electrons. The van der Waals surface area contributed by atoms with Crippen LogP contribution in [0, 0.1) is 0 Å². The summed E-state index contributed by atoms with van der Waals surface area (Å²) in [7, 11) is 0. The van der Waals surface area contributed by atoms with Gasteiger partial charge >= 0.3 is 0 Å². The molecular weight excluding hydrogens is 234 g/mol. The molecule has 3 heteroatoms. The fourth-order valence-electron chi connectivity index (χ4n) is 2.35. The van der Waals surface area contributed by atoms with Gasteiger partial charge in [0.2, 0.25) is 0 Å². The van der Waals surface area contributed by atoms with Gasteiger partial charge in [0.05, 0.1) is 0 Å². The first-order valence-electron chi connectivity index (χ1n) is 6.18. The second-order valence-electron chi connectivity index (χ2n) is 4.68. The maximum absolute atomic E-state index is 12.4. The van der Waals surface area contributed by atoms with Crippen LogP contribution in [0.2, 0.25) is 0 Å². The molecular formula is C14H18ClNO. The summed E-state index contributed by atoms with van der Waals surface area (Å²) in [5.74, 6) is 0.598. The van der Waals surface area contributed by atoms with E-state index < -0.39 is 0 Å². The Hall–Kier alpha value is -1.02. The number of amides is 1. The average Bonchev–Trinajstić information content (AvgIpc) is 2.38. The van der Waals surface area contributed by atoms with Crippen molar-refractivity contribution >= 4 is 17.5 Å². The number of rotatable bonds is 2. The van der Waals surface area contributed by atoms with Crippen molar-refractivity contribution in [2.45, 2.75) is 38.1 Å². The zero-order valence-electron chi connectivity index (χ0n) is 10.2. The van der Waals surface area contributed by atoms with Gasteiger partial charge in [0.15, 0.2) is 0 Å². The molecule has 2 rings (SSSR count). The SMILES string of the molecule is CC1CCCCN1C(=O)c1cccc(CCl)c1. The quantitative estimate of drug-likeness (QED) is 0.738. The summed E-state index contributed by atoms with van der Waals surface area (Å²) < 4.78 is 0. The van der Waals surface area contributed by atoms with Crippen LogP contribution in [0.4, 0.5) is 0 Å². The summed E-state index contributed by atoms with van der Waals surface area (Å²) in [5, 5.41) is 0. The van der Waals surface area contributed by atoms with Gasteiger partial charge in [0.1, 0.15) is 0 Å². The Morgan fingerprint density at radius 2 is 2.29 bits per heavy atom. The molecule has 17 heavy (non-hydrogen) atoms. The fraction of sp³-hybridized carbons (Fsp3) is 0.500. The Kier molecular flexibility index (Phi) is 4.06.